The largest absolute Gasteiger partial charge is 0.461 e. The monoisotopic (exact) mass is 342 g/mol. The van der Waals surface area contributed by atoms with Gasteiger partial charge in [-0.1, -0.05) is 18.2 Å². The summed E-state index contributed by atoms with van der Waals surface area (Å²) in [6.45, 7) is 4.89. The van der Waals surface area contributed by atoms with Gasteiger partial charge in [0.05, 0.1) is 12.3 Å². The molecule has 1 unspecified atom stereocenters. The number of rotatable bonds is 6. The number of ether oxygens (including phenoxy) is 1. The first-order valence-corrected chi connectivity index (χ1v) is 8.92. The number of aromatic nitrogens is 2. The van der Waals surface area contributed by atoms with Crippen molar-refractivity contribution in [1.29, 1.82) is 0 Å². The van der Waals surface area contributed by atoms with Crippen molar-refractivity contribution in [3.63, 3.8) is 0 Å². The van der Waals surface area contributed by atoms with Gasteiger partial charge in [-0.15, -0.1) is 0 Å². The number of carbonyl (C=O) groups excluding carboxylic acids is 1. The van der Waals surface area contributed by atoms with Gasteiger partial charge in [-0.3, -0.25) is 4.90 Å². The van der Waals surface area contributed by atoms with Crippen molar-refractivity contribution in [3.05, 3.63) is 47.8 Å². The Bertz CT molecular complexity index is 699. The van der Waals surface area contributed by atoms with E-state index >= 15 is 0 Å². The molecular formula is C19H26N4O2. The van der Waals surface area contributed by atoms with E-state index < -0.39 is 0 Å². The Kier molecular flexibility index (Phi) is 5.83. The highest BCUT2D eigenvalue weighted by molar-refractivity contribution is 5.88. The van der Waals surface area contributed by atoms with Crippen LogP contribution in [0.5, 0.6) is 0 Å². The number of nitrogens with one attached hydrogen (secondary N) is 1. The Morgan fingerprint density at radius 1 is 1.36 bits per heavy atom. The third kappa shape index (κ3) is 4.27. The third-order valence-corrected chi connectivity index (χ3v) is 4.59. The van der Waals surface area contributed by atoms with Gasteiger partial charge in [0.2, 0.25) is 0 Å². The zero-order valence-electron chi connectivity index (χ0n) is 14.9. The van der Waals surface area contributed by atoms with Crippen LogP contribution in [0.4, 0.5) is 0 Å². The topological polar surface area (TPSA) is 59.4 Å². The molecule has 0 radical (unpaired) electrons. The lowest BCUT2D eigenvalue weighted by molar-refractivity contribution is 0.0516. The molecule has 0 bridgehead atoms. The SMILES string of the molecule is CCOC(=O)c1nn(-c2ccccc2)cc1CN1CCCC(NC)C1. The Morgan fingerprint density at radius 3 is 2.88 bits per heavy atom. The summed E-state index contributed by atoms with van der Waals surface area (Å²) in [6, 6.07) is 10.3. The van der Waals surface area contributed by atoms with Gasteiger partial charge in [0.1, 0.15) is 0 Å². The van der Waals surface area contributed by atoms with E-state index in [0.717, 1.165) is 30.8 Å². The van der Waals surface area contributed by atoms with Gasteiger partial charge in [-0.2, -0.15) is 5.10 Å². The van der Waals surface area contributed by atoms with Crippen LogP contribution in [0.1, 0.15) is 35.8 Å². The number of esters is 1. The van der Waals surface area contributed by atoms with Crippen LogP contribution in [-0.2, 0) is 11.3 Å². The number of piperidine rings is 1. The molecule has 1 aliphatic rings. The first-order chi connectivity index (χ1) is 12.2. The van der Waals surface area contributed by atoms with Gasteiger partial charge in [-0.25, -0.2) is 9.48 Å². The lowest BCUT2D eigenvalue weighted by Crippen LogP contribution is -2.44. The molecular weight excluding hydrogens is 316 g/mol. The fraction of sp³-hybridized carbons (Fsp3) is 0.474. The second kappa shape index (κ2) is 8.27. The third-order valence-electron chi connectivity index (χ3n) is 4.59. The Balaban J connectivity index is 1.85. The van der Waals surface area contributed by atoms with Crippen LogP contribution >= 0.6 is 0 Å². The van der Waals surface area contributed by atoms with E-state index in [9.17, 15) is 4.79 Å². The minimum atomic E-state index is -0.352. The summed E-state index contributed by atoms with van der Waals surface area (Å²) >= 11 is 0. The molecule has 0 aliphatic carbocycles. The number of para-hydroxylation sites is 1. The highest BCUT2D eigenvalue weighted by Gasteiger charge is 2.23. The van der Waals surface area contributed by atoms with Gasteiger partial charge in [0.15, 0.2) is 5.69 Å². The zero-order chi connectivity index (χ0) is 17.6. The molecule has 2 heterocycles. The quantitative estimate of drug-likeness (QED) is 0.816. The summed E-state index contributed by atoms with van der Waals surface area (Å²) in [5, 5.41) is 7.86. The van der Waals surface area contributed by atoms with Crippen LogP contribution < -0.4 is 5.32 Å². The zero-order valence-corrected chi connectivity index (χ0v) is 14.9. The van der Waals surface area contributed by atoms with E-state index in [0.29, 0.717) is 24.9 Å². The summed E-state index contributed by atoms with van der Waals surface area (Å²) in [4.78, 5) is 14.7. The number of likely N-dealkylation sites (tertiary alicyclic amines) is 1. The average molecular weight is 342 g/mol. The van der Waals surface area contributed by atoms with Crippen LogP contribution in [0, 0.1) is 0 Å². The molecule has 134 valence electrons. The molecule has 25 heavy (non-hydrogen) atoms. The molecule has 0 saturated carbocycles. The van der Waals surface area contributed by atoms with Crippen LogP contribution in [0.3, 0.4) is 0 Å². The van der Waals surface area contributed by atoms with E-state index in [2.05, 4.69) is 15.3 Å². The molecule has 1 aromatic heterocycles. The highest BCUT2D eigenvalue weighted by Crippen LogP contribution is 2.18. The molecule has 6 nitrogen and oxygen atoms in total. The van der Waals surface area contributed by atoms with Gasteiger partial charge < -0.3 is 10.1 Å². The summed E-state index contributed by atoms with van der Waals surface area (Å²) in [7, 11) is 2.01. The minimum absolute atomic E-state index is 0.349. The standard InChI is InChI=1S/C19H26N4O2/c1-3-25-19(24)18-15(12-22-11-7-8-16(14-22)20-2)13-23(21-18)17-9-5-4-6-10-17/h4-6,9-10,13,16,20H,3,7-8,11-12,14H2,1-2H3. The maximum atomic E-state index is 12.3. The Labute approximate surface area is 148 Å². The van der Waals surface area contributed by atoms with E-state index in [4.69, 9.17) is 4.74 Å². The number of benzene rings is 1. The Hall–Kier alpha value is -2.18. The van der Waals surface area contributed by atoms with Crippen molar-refractivity contribution in [3.8, 4) is 5.69 Å². The maximum absolute atomic E-state index is 12.3. The summed E-state index contributed by atoms with van der Waals surface area (Å²) in [5.41, 5.74) is 2.27. The van der Waals surface area contributed by atoms with Crippen molar-refractivity contribution >= 4 is 5.97 Å². The highest BCUT2D eigenvalue weighted by atomic mass is 16.5. The predicted octanol–water partition coefficient (Wildman–Crippen LogP) is 2.23. The molecule has 1 aliphatic heterocycles. The molecule has 0 spiro atoms. The molecule has 6 heteroatoms. The molecule has 1 atom stereocenters. The lowest BCUT2D eigenvalue weighted by atomic mass is 10.1. The van der Waals surface area contributed by atoms with Gasteiger partial charge in [-0.05, 0) is 45.5 Å². The lowest BCUT2D eigenvalue weighted by Gasteiger charge is -2.32. The molecule has 2 aromatic rings. The summed E-state index contributed by atoms with van der Waals surface area (Å²) in [6.07, 6.45) is 4.30. The first-order valence-electron chi connectivity index (χ1n) is 8.92. The van der Waals surface area contributed by atoms with Crippen molar-refractivity contribution < 1.29 is 9.53 Å². The van der Waals surface area contributed by atoms with Crippen molar-refractivity contribution in [2.45, 2.75) is 32.4 Å². The van der Waals surface area contributed by atoms with Crippen LogP contribution in [-0.4, -0.2) is 53.4 Å². The fourth-order valence-electron chi connectivity index (χ4n) is 3.29. The molecule has 0 amide bonds. The molecule has 1 fully saturated rings. The van der Waals surface area contributed by atoms with E-state index in [1.165, 1.54) is 6.42 Å². The number of carbonyl (C=O) groups is 1. The van der Waals surface area contributed by atoms with E-state index in [1.807, 2.05) is 50.5 Å². The van der Waals surface area contributed by atoms with Gasteiger partial charge in [0.25, 0.3) is 0 Å². The average Bonchev–Trinajstić information content (AvgIpc) is 3.07. The second-order valence-corrected chi connectivity index (χ2v) is 6.37. The van der Waals surface area contributed by atoms with E-state index in [1.54, 1.807) is 4.68 Å². The van der Waals surface area contributed by atoms with E-state index in [-0.39, 0.29) is 5.97 Å². The van der Waals surface area contributed by atoms with Crippen molar-refractivity contribution in [1.82, 2.24) is 20.0 Å². The summed E-state index contributed by atoms with van der Waals surface area (Å²) < 4.78 is 6.97. The number of nitrogens with zero attached hydrogens (tertiary/aromatic N) is 3. The van der Waals surface area contributed by atoms with Crippen molar-refractivity contribution in [2.75, 3.05) is 26.7 Å². The van der Waals surface area contributed by atoms with Crippen LogP contribution in [0.2, 0.25) is 0 Å². The van der Waals surface area contributed by atoms with Crippen molar-refractivity contribution in [2.24, 2.45) is 0 Å². The number of likely N-dealkylation sites (N-methyl/N-ethyl adjacent to an activating group) is 1. The minimum Gasteiger partial charge on any atom is -0.461 e. The maximum Gasteiger partial charge on any atom is 0.359 e. The Morgan fingerprint density at radius 2 is 2.16 bits per heavy atom. The van der Waals surface area contributed by atoms with Gasteiger partial charge in [0, 0.05) is 30.9 Å². The smallest absolute Gasteiger partial charge is 0.359 e. The molecule has 1 saturated heterocycles. The van der Waals surface area contributed by atoms with Crippen LogP contribution in [0.15, 0.2) is 36.5 Å². The van der Waals surface area contributed by atoms with Crippen LogP contribution in [0.25, 0.3) is 5.69 Å². The summed E-state index contributed by atoms with van der Waals surface area (Å²) in [5.74, 6) is -0.352. The van der Waals surface area contributed by atoms with Gasteiger partial charge >= 0.3 is 5.97 Å². The number of hydrogen-bond acceptors (Lipinski definition) is 5. The number of hydrogen-bond donors (Lipinski definition) is 1. The fourth-order valence-corrected chi connectivity index (χ4v) is 3.29. The first kappa shape index (κ1) is 17.6. The predicted molar refractivity (Wildman–Crippen MR) is 96.9 cm³/mol. The molecule has 3 rings (SSSR count). The molecule has 1 N–H and O–H groups in total. The second-order valence-electron chi connectivity index (χ2n) is 6.37. The normalized spacial score (nSPS) is 18.2. The molecule has 1 aromatic carbocycles.